The SMILES string of the molecule is C=CC(=O)OCC[N+](C)(C)Cc1cccc(C(=O)c2ccccc2)c1. The highest BCUT2D eigenvalue weighted by Crippen LogP contribution is 2.15. The number of hydrogen-bond acceptors (Lipinski definition) is 3. The summed E-state index contributed by atoms with van der Waals surface area (Å²) >= 11 is 0. The van der Waals surface area contributed by atoms with Gasteiger partial charge in [0.2, 0.25) is 0 Å². The monoisotopic (exact) mass is 338 g/mol. The number of carbonyl (C=O) groups excluding carboxylic acids is 2. The van der Waals surface area contributed by atoms with E-state index in [0.29, 0.717) is 28.8 Å². The summed E-state index contributed by atoms with van der Waals surface area (Å²) in [7, 11) is 4.13. The Bertz CT molecular complexity index is 751. The van der Waals surface area contributed by atoms with E-state index < -0.39 is 5.97 Å². The van der Waals surface area contributed by atoms with Crippen LogP contribution in [0.5, 0.6) is 0 Å². The van der Waals surface area contributed by atoms with Crippen molar-refractivity contribution in [2.75, 3.05) is 27.2 Å². The zero-order valence-corrected chi connectivity index (χ0v) is 14.8. The Hall–Kier alpha value is -2.72. The number of esters is 1. The number of ether oxygens (including phenoxy) is 1. The Morgan fingerprint density at radius 2 is 1.72 bits per heavy atom. The Balaban J connectivity index is 2.04. The highest BCUT2D eigenvalue weighted by molar-refractivity contribution is 6.09. The van der Waals surface area contributed by atoms with Gasteiger partial charge in [0.25, 0.3) is 0 Å². The number of nitrogens with zero attached hydrogens (tertiary/aromatic N) is 1. The van der Waals surface area contributed by atoms with E-state index in [9.17, 15) is 9.59 Å². The topological polar surface area (TPSA) is 43.4 Å². The van der Waals surface area contributed by atoms with Gasteiger partial charge in [-0.2, -0.15) is 0 Å². The molecule has 0 amide bonds. The number of hydrogen-bond donors (Lipinski definition) is 0. The van der Waals surface area contributed by atoms with E-state index in [1.165, 1.54) is 6.08 Å². The Kier molecular flexibility index (Phi) is 6.25. The van der Waals surface area contributed by atoms with Crippen LogP contribution in [0, 0.1) is 0 Å². The minimum atomic E-state index is -0.407. The zero-order valence-electron chi connectivity index (χ0n) is 14.8. The molecule has 2 aromatic carbocycles. The van der Waals surface area contributed by atoms with Gasteiger partial charge in [0.15, 0.2) is 5.78 Å². The van der Waals surface area contributed by atoms with Crippen molar-refractivity contribution in [3.05, 3.63) is 83.9 Å². The van der Waals surface area contributed by atoms with Crippen molar-refractivity contribution in [1.82, 2.24) is 0 Å². The number of likely N-dealkylation sites (N-methyl/N-ethyl adjacent to an activating group) is 1. The molecule has 4 nitrogen and oxygen atoms in total. The molecule has 0 aromatic heterocycles. The van der Waals surface area contributed by atoms with Crippen molar-refractivity contribution in [3.63, 3.8) is 0 Å². The van der Waals surface area contributed by atoms with Crippen molar-refractivity contribution < 1.29 is 18.8 Å². The third-order valence-corrected chi connectivity index (χ3v) is 3.94. The van der Waals surface area contributed by atoms with Crippen molar-refractivity contribution in [2.45, 2.75) is 6.54 Å². The third-order valence-electron chi connectivity index (χ3n) is 3.94. The van der Waals surface area contributed by atoms with E-state index in [1.807, 2.05) is 54.6 Å². The Labute approximate surface area is 148 Å². The first kappa shape index (κ1) is 18.6. The second-order valence-electron chi connectivity index (χ2n) is 6.58. The fraction of sp³-hybridized carbons (Fsp3) is 0.238. The van der Waals surface area contributed by atoms with Gasteiger partial charge in [0, 0.05) is 22.8 Å². The van der Waals surface area contributed by atoms with Gasteiger partial charge >= 0.3 is 5.97 Å². The molecule has 0 heterocycles. The first-order valence-electron chi connectivity index (χ1n) is 8.21. The van der Waals surface area contributed by atoms with Crippen LogP contribution >= 0.6 is 0 Å². The van der Waals surface area contributed by atoms with Crippen molar-refractivity contribution in [2.24, 2.45) is 0 Å². The van der Waals surface area contributed by atoms with E-state index in [4.69, 9.17) is 4.74 Å². The van der Waals surface area contributed by atoms with Gasteiger partial charge in [0.1, 0.15) is 19.7 Å². The number of quaternary nitrogens is 1. The lowest BCUT2D eigenvalue weighted by Gasteiger charge is -2.29. The summed E-state index contributed by atoms with van der Waals surface area (Å²) in [5.41, 5.74) is 2.44. The van der Waals surface area contributed by atoms with Crippen LogP contribution in [0.1, 0.15) is 21.5 Å². The molecule has 0 saturated heterocycles. The Morgan fingerprint density at radius 1 is 1.04 bits per heavy atom. The lowest BCUT2D eigenvalue weighted by Crippen LogP contribution is -2.41. The summed E-state index contributed by atoms with van der Waals surface area (Å²) in [5, 5.41) is 0. The van der Waals surface area contributed by atoms with Crippen LogP contribution in [0.2, 0.25) is 0 Å². The molecule has 0 saturated carbocycles. The van der Waals surface area contributed by atoms with Gasteiger partial charge in [-0.25, -0.2) is 4.79 Å². The number of rotatable bonds is 8. The molecular weight excluding hydrogens is 314 g/mol. The molecule has 0 N–H and O–H groups in total. The molecule has 0 radical (unpaired) electrons. The maximum atomic E-state index is 12.6. The Morgan fingerprint density at radius 3 is 2.40 bits per heavy atom. The molecule has 0 bridgehead atoms. The summed E-state index contributed by atoms with van der Waals surface area (Å²) in [5.74, 6) is -0.386. The summed E-state index contributed by atoms with van der Waals surface area (Å²) in [4.78, 5) is 23.7. The lowest BCUT2D eigenvalue weighted by molar-refractivity contribution is -0.903. The minimum absolute atomic E-state index is 0.0210. The molecule has 0 aliphatic heterocycles. The number of carbonyl (C=O) groups is 2. The molecule has 25 heavy (non-hydrogen) atoms. The molecule has 130 valence electrons. The predicted octanol–water partition coefficient (Wildman–Crippen LogP) is 3.22. The summed E-state index contributed by atoms with van der Waals surface area (Å²) in [6.07, 6.45) is 1.17. The van der Waals surface area contributed by atoms with Crippen LogP contribution in [-0.2, 0) is 16.1 Å². The van der Waals surface area contributed by atoms with Gasteiger partial charge < -0.3 is 9.22 Å². The summed E-state index contributed by atoms with van der Waals surface area (Å²) in [6.45, 7) is 5.13. The van der Waals surface area contributed by atoms with Crippen LogP contribution < -0.4 is 0 Å². The van der Waals surface area contributed by atoms with Gasteiger partial charge in [-0.3, -0.25) is 4.79 Å². The van der Waals surface area contributed by atoms with Crippen LogP contribution in [0.15, 0.2) is 67.3 Å². The number of ketones is 1. The lowest BCUT2D eigenvalue weighted by atomic mass is 10.0. The number of benzene rings is 2. The van der Waals surface area contributed by atoms with Crippen LogP contribution in [0.25, 0.3) is 0 Å². The standard InChI is InChI=1S/C21H24NO3/c1-4-20(23)25-14-13-22(2,3)16-17-9-8-12-19(15-17)21(24)18-10-6-5-7-11-18/h4-12,15H,1,13-14,16H2,2-3H3/q+1. The van der Waals surface area contributed by atoms with Crippen molar-refractivity contribution in [3.8, 4) is 0 Å². The van der Waals surface area contributed by atoms with Crippen molar-refractivity contribution >= 4 is 11.8 Å². The highest BCUT2D eigenvalue weighted by Gasteiger charge is 2.18. The van der Waals surface area contributed by atoms with E-state index in [-0.39, 0.29) is 5.78 Å². The fourth-order valence-corrected chi connectivity index (χ4v) is 2.59. The van der Waals surface area contributed by atoms with E-state index in [0.717, 1.165) is 12.1 Å². The van der Waals surface area contributed by atoms with E-state index in [1.54, 1.807) is 0 Å². The molecular formula is C21H24NO3+. The van der Waals surface area contributed by atoms with Crippen LogP contribution in [0.3, 0.4) is 0 Å². The molecule has 2 aromatic rings. The molecule has 0 unspecified atom stereocenters. The predicted molar refractivity (Wildman–Crippen MR) is 98.2 cm³/mol. The maximum absolute atomic E-state index is 12.6. The van der Waals surface area contributed by atoms with E-state index in [2.05, 4.69) is 20.7 Å². The molecule has 0 fully saturated rings. The molecule has 2 rings (SSSR count). The fourth-order valence-electron chi connectivity index (χ4n) is 2.59. The molecule has 0 aliphatic carbocycles. The zero-order chi connectivity index (χ0) is 18.3. The van der Waals surface area contributed by atoms with Crippen LogP contribution in [0.4, 0.5) is 0 Å². The van der Waals surface area contributed by atoms with Gasteiger partial charge in [-0.15, -0.1) is 0 Å². The summed E-state index contributed by atoms with van der Waals surface area (Å²) < 4.78 is 5.70. The minimum Gasteiger partial charge on any atom is -0.457 e. The van der Waals surface area contributed by atoms with Gasteiger partial charge in [-0.05, 0) is 6.07 Å². The average molecular weight is 338 g/mol. The molecule has 4 heteroatoms. The average Bonchev–Trinajstić information content (AvgIpc) is 2.61. The molecule has 0 atom stereocenters. The first-order valence-corrected chi connectivity index (χ1v) is 8.21. The van der Waals surface area contributed by atoms with E-state index >= 15 is 0 Å². The van der Waals surface area contributed by atoms with Crippen molar-refractivity contribution in [1.29, 1.82) is 0 Å². The second kappa shape index (κ2) is 8.40. The molecule has 0 spiro atoms. The molecule has 0 aliphatic rings. The smallest absolute Gasteiger partial charge is 0.330 e. The second-order valence-corrected chi connectivity index (χ2v) is 6.58. The normalized spacial score (nSPS) is 11.0. The quantitative estimate of drug-likeness (QED) is 0.321. The maximum Gasteiger partial charge on any atom is 0.330 e. The van der Waals surface area contributed by atoms with Gasteiger partial charge in [-0.1, -0.05) is 55.1 Å². The van der Waals surface area contributed by atoms with Crippen LogP contribution in [-0.4, -0.2) is 43.5 Å². The first-order chi connectivity index (χ1) is 11.9. The van der Waals surface area contributed by atoms with Gasteiger partial charge in [0.05, 0.1) is 14.1 Å². The highest BCUT2D eigenvalue weighted by atomic mass is 16.5. The summed E-state index contributed by atoms with van der Waals surface area (Å²) in [6, 6.07) is 17.0. The third kappa shape index (κ3) is 5.69. The largest absolute Gasteiger partial charge is 0.457 e.